The number of tetrazole rings is 1. The van der Waals surface area contributed by atoms with Gasteiger partial charge in [-0.3, -0.25) is 9.69 Å². The highest BCUT2D eigenvalue weighted by Gasteiger charge is 2.35. The molecule has 1 aliphatic carbocycles. The van der Waals surface area contributed by atoms with Crippen molar-refractivity contribution >= 4 is 10.9 Å². The van der Waals surface area contributed by atoms with Crippen molar-refractivity contribution in [3.05, 3.63) is 51.6 Å². The highest BCUT2D eigenvalue weighted by atomic mass is 16.1. The van der Waals surface area contributed by atoms with E-state index in [4.69, 9.17) is 0 Å². The van der Waals surface area contributed by atoms with Crippen molar-refractivity contribution in [3.63, 3.8) is 0 Å². The van der Waals surface area contributed by atoms with E-state index in [2.05, 4.69) is 71.3 Å². The normalized spacial score (nSPS) is 16.2. The molecule has 1 unspecified atom stereocenters. The van der Waals surface area contributed by atoms with Crippen LogP contribution in [0.5, 0.6) is 0 Å². The lowest BCUT2D eigenvalue weighted by Gasteiger charge is -2.37. The molecule has 1 aliphatic rings. The molecule has 33 heavy (non-hydrogen) atoms. The number of aromatic amines is 1. The summed E-state index contributed by atoms with van der Waals surface area (Å²) in [6.07, 6.45) is 7.71. The van der Waals surface area contributed by atoms with Crippen LogP contribution in [-0.2, 0) is 12.1 Å². The zero-order valence-corrected chi connectivity index (χ0v) is 20.8. The third-order valence-electron chi connectivity index (χ3n) is 7.42. The Kier molecular flexibility index (Phi) is 6.98. The molecular weight excluding hydrogens is 412 g/mol. The molecule has 1 fully saturated rings. The molecule has 7 nitrogen and oxygen atoms in total. The third kappa shape index (κ3) is 4.88. The predicted molar refractivity (Wildman–Crippen MR) is 132 cm³/mol. The summed E-state index contributed by atoms with van der Waals surface area (Å²) in [6.45, 7) is 11.4. The van der Waals surface area contributed by atoms with Gasteiger partial charge in [0.1, 0.15) is 0 Å². The zero-order valence-electron chi connectivity index (χ0n) is 20.8. The second-order valence-electron chi connectivity index (χ2n) is 10.2. The Morgan fingerprint density at radius 1 is 1.21 bits per heavy atom. The maximum absolute atomic E-state index is 13.1. The first-order valence-electron chi connectivity index (χ1n) is 12.5. The largest absolute Gasteiger partial charge is 0.322 e. The van der Waals surface area contributed by atoms with E-state index in [9.17, 15) is 4.79 Å². The van der Waals surface area contributed by atoms with E-state index >= 15 is 0 Å². The Balaban J connectivity index is 1.76. The maximum Gasteiger partial charge on any atom is 0.252 e. The molecule has 178 valence electrons. The molecule has 1 atom stereocenters. The van der Waals surface area contributed by atoms with Gasteiger partial charge in [0.25, 0.3) is 5.56 Å². The summed E-state index contributed by atoms with van der Waals surface area (Å²) in [5.74, 6) is 0.920. The van der Waals surface area contributed by atoms with Gasteiger partial charge in [-0.1, -0.05) is 45.2 Å². The number of nitrogens with zero attached hydrogens (tertiary/aromatic N) is 5. The van der Waals surface area contributed by atoms with Gasteiger partial charge in [0.15, 0.2) is 5.82 Å². The van der Waals surface area contributed by atoms with Gasteiger partial charge in [-0.2, -0.15) is 0 Å². The molecule has 2 aromatic heterocycles. The zero-order chi connectivity index (χ0) is 23.6. The summed E-state index contributed by atoms with van der Waals surface area (Å²) in [6, 6.07) is 8.81. The molecule has 3 aromatic rings. The van der Waals surface area contributed by atoms with Gasteiger partial charge >= 0.3 is 0 Å². The van der Waals surface area contributed by atoms with E-state index in [-0.39, 0.29) is 17.1 Å². The molecule has 2 heterocycles. The molecule has 1 N–H and O–H groups in total. The van der Waals surface area contributed by atoms with Crippen LogP contribution in [0.15, 0.2) is 29.1 Å². The second kappa shape index (κ2) is 9.75. The first-order valence-corrected chi connectivity index (χ1v) is 12.5. The van der Waals surface area contributed by atoms with Gasteiger partial charge < -0.3 is 4.98 Å². The average molecular weight is 451 g/mol. The molecule has 0 aliphatic heterocycles. The summed E-state index contributed by atoms with van der Waals surface area (Å²) in [5.41, 5.74) is 2.69. The van der Waals surface area contributed by atoms with Gasteiger partial charge in [-0.15, -0.1) is 5.10 Å². The fourth-order valence-corrected chi connectivity index (χ4v) is 5.10. The standard InChI is InChI=1S/C26H38N6O/c1-6-10-23(24-28-29-30-32(24)26(4,5)7-2)31(21-11-8-9-12-21)17-20-16-19-14-13-18(3)15-22(19)27-25(20)33/h13-16,21,23H,6-12,17H2,1-5H3,(H,27,33). The van der Waals surface area contributed by atoms with Crippen LogP contribution in [0, 0.1) is 6.92 Å². The number of rotatable bonds is 9. The van der Waals surface area contributed by atoms with Gasteiger partial charge in [0.05, 0.1) is 11.6 Å². The predicted octanol–water partition coefficient (Wildman–Crippen LogP) is 5.25. The van der Waals surface area contributed by atoms with E-state index in [0.717, 1.165) is 60.0 Å². The van der Waals surface area contributed by atoms with Crippen molar-refractivity contribution < 1.29 is 0 Å². The Morgan fingerprint density at radius 3 is 2.67 bits per heavy atom. The van der Waals surface area contributed by atoms with Gasteiger partial charge in [0, 0.05) is 23.7 Å². The second-order valence-corrected chi connectivity index (χ2v) is 10.2. The van der Waals surface area contributed by atoms with E-state index in [0.29, 0.717) is 12.6 Å². The van der Waals surface area contributed by atoms with Crippen LogP contribution < -0.4 is 5.56 Å². The molecular formula is C26H38N6O. The molecule has 7 heteroatoms. The first kappa shape index (κ1) is 23.6. The minimum absolute atomic E-state index is 0.000162. The number of aryl methyl sites for hydroxylation is 1. The lowest BCUT2D eigenvalue weighted by atomic mass is 9.99. The molecule has 0 radical (unpaired) electrons. The van der Waals surface area contributed by atoms with Gasteiger partial charge in [-0.05, 0) is 80.0 Å². The molecule has 0 spiro atoms. The summed E-state index contributed by atoms with van der Waals surface area (Å²) >= 11 is 0. The fraction of sp³-hybridized carbons (Fsp3) is 0.615. The highest BCUT2D eigenvalue weighted by Crippen LogP contribution is 2.36. The number of benzene rings is 1. The topological polar surface area (TPSA) is 79.7 Å². The van der Waals surface area contributed by atoms with E-state index in [1.807, 2.05) is 17.7 Å². The summed E-state index contributed by atoms with van der Waals surface area (Å²) < 4.78 is 2.02. The van der Waals surface area contributed by atoms with Crippen LogP contribution in [0.3, 0.4) is 0 Å². The number of pyridine rings is 1. The molecule has 4 rings (SSSR count). The summed E-state index contributed by atoms with van der Waals surface area (Å²) in [4.78, 5) is 18.7. The lowest BCUT2D eigenvalue weighted by molar-refractivity contribution is 0.102. The highest BCUT2D eigenvalue weighted by molar-refractivity contribution is 5.79. The minimum Gasteiger partial charge on any atom is -0.322 e. The van der Waals surface area contributed by atoms with Crippen molar-refractivity contribution in [1.82, 2.24) is 30.1 Å². The van der Waals surface area contributed by atoms with E-state index < -0.39 is 0 Å². The van der Waals surface area contributed by atoms with Crippen molar-refractivity contribution in [1.29, 1.82) is 0 Å². The third-order valence-corrected chi connectivity index (χ3v) is 7.42. The molecule has 1 saturated carbocycles. The maximum atomic E-state index is 13.1. The van der Waals surface area contributed by atoms with Crippen molar-refractivity contribution in [3.8, 4) is 0 Å². The van der Waals surface area contributed by atoms with Crippen molar-refractivity contribution in [2.75, 3.05) is 0 Å². The van der Waals surface area contributed by atoms with Crippen LogP contribution in [0.4, 0.5) is 0 Å². The van der Waals surface area contributed by atoms with Gasteiger partial charge in [-0.25, -0.2) is 4.68 Å². The van der Waals surface area contributed by atoms with Crippen LogP contribution in [0.25, 0.3) is 10.9 Å². The number of H-pyrrole nitrogens is 1. The quantitative estimate of drug-likeness (QED) is 0.481. The Labute approximate surface area is 196 Å². The summed E-state index contributed by atoms with van der Waals surface area (Å²) in [5, 5.41) is 14.1. The van der Waals surface area contributed by atoms with Crippen LogP contribution in [0.1, 0.15) is 95.6 Å². The van der Waals surface area contributed by atoms with Crippen LogP contribution in [-0.4, -0.2) is 36.1 Å². The molecule has 0 amide bonds. The Morgan fingerprint density at radius 2 is 1.97 bits per heavy atom. The van der Waals surface area contributed by atoms with E-state index in [1.54, 1.807) is 0 Å². The number of hydrogen-bond acceptors (Lipinski definition) is 5. The molecule has 0 bridgehead atoms. The number of nitrogens with one attached hydrogen (secondary N) is 1. The fourth-order valence-electron chi connectivity index (χ4n) is 5.10. The molecule has 1 aromatic carbocycles. The number of aromatic nitrogens is 5. The van der Waals surface area contributed by atoms with Crippen molar-refractivity contribution in [2.45, 2.75) is 104 Å². The minimum atomic E-state index is -0.162. The number of fused-ring (bicyclic) bond motifs is 1. The molecule has 0 saturated heterocycles. The summed E-state index contributed by atoms with van der Waals surface area (Å²) in [7, 11) is 0. The first-order chi connectivity index (χ1) is 15.8. The van der Waals surface area contributed by atoms with E-state index in [1.165, 1.54) is 12.8 Å². The van der Waals surface area contributed by atoms with Crippen LogP contribution >= 0.6 is 0 Å². The Hall–Kier alpha value is -2.54. The SMILES string of the molecule is CCCC(c1nnnn1C(C)(C)CC)N(Cc1cc2ccc(C)cc2[nH]c1=O)C1CCCC1. The Bertz CT molecular complexity index is 1140. The van der Waals surface area contributed by atoms with Crippen molar-refractivity contribution in [2.24, 2.45) is 0 Å². The smallest absolute Gasteiger partial charge is 0.252 e. The van der Waals surface area contributed by atoms with Gasteiger partial charge in [0.2, 0.25) is 0 Å². The van der Waals surface area contributed by atoms with Crippen LogP contribution in [0.2, 0.25) is 0 Å². The lowest BCUT2D eigenvalue weighted by Crippen LogP contribution is -2.41. The average Bonchev–Trinajstić information content (AvgIpc) is 3.49. The number of hydrogen-bond donors (Lipinski definition) is 1. The monoisotopic (exact) mass is 450 g/mol.